The topological polar surface area (TPSA) is 58.7 Å². The highest BCUT2D eigenvalue weighted by molar-refractivity contribution is 7.16. The number of hydrogen-bond acceptors (Lipinski definition) is 5. The van der Waals surface area contributed by atoms with Crippen LogP contribution in [0.3, 0.4) is 0 Å². The summed E-state index contributed by atoms with van der Waals surface area (Å²) in [5.74, 6) is 0. The van der Waals surface area contributed by atoms with Crippen LogP contribution in [0.2, 0.25) is 0 Å². The first-order valence-electron chi connectivity index (χ1n) is 5.29. The van der Waals surface area contributed by atoms with Crippen molar-refractivity contribution in [3.05, 3.63) is 27.1 Å². The molecule has 16 heavy (non-hydrogen) atoms. The zero-order chi connectivity index (χ0) is 11.4. The van der Waals surface area contributed by atoms with E-state index in [1.807, 2.05) is 5.01 Å². The van der Waals surface area contributed by atoms with E-state index in [-0.39, 0.29) is 9.92 Å². The summed E-state index contributed by atoms with van der Waals surface area (Å²) in [6.07, 6.45) is 5.35. The molecule has 0 radical (unpaired) electrons. The molecule has 0 amide bonds. The summed E-state index contributed by atoms with van der Waals surface area (Å²) in [4.78, 5) is 10.9. The third-order valence-corrected chi connectivity index (χ3v) is 3.44. The normalized spacial score (nSPS) is 16.9. The van der Waals surface area contributed by atoms with Crippen LogP contribution in [0.4, 0.5) is 5.00 Å². The van der Waals surface area contributed by atoms with Crippen molar-refractivity contribution >= 4 is 22.6 Å². The molecule has 0 aromatic carbocycles. The minimum absolute atomic E-state index is 0.167. The highest BCUT2D eigenvalue weighted by Crippen LogP contribution is 2.22. The van der Waals surface area contributed by atoms with Gasteiger partial charge in [-0.15, -0.1) is 0 Å². The van der Waals surface area contributed by atoms with E-state index in [9.17, 15) is 10.1 Å². The van der Waals surface area contributed by atoms with Crippen LogP contribution in [-0.4, -0.2) is 29.2 Å². The lowest BCUT2D eigenvalue weighted by Gasteiger charge is -2.22. The van der Waals surface area contributed by atoms with E-state index in [1.54, 1.807) is 12.3 Å². The second-order valence-electron chi connectivity index (χ2n) is 3.69. The summed E-state index contributed by atoms with van der Waals surface area (Å²) in [7, 11) is 0. The van der Waals surface area contributed by atoms with Crippen molar-refractivity contribution < 1.29 is 4.92 Å². The van der Waals surface area contributed by atoms with Crippen LogP contribution in [0.15, 0.2) is 17.2 Å². The summed E-state index contributed by atoms with van der Waals surface area (Å²) in [5, 5.41) is 17.0. The van der Waals surface area contributed by atoms with Crippen LogP contribution >= 0.6 is 11.3 Å². The van der Waals surface area contributed by atoms with Crippen molar-refractivity contribution in [1.29, 1.82) is 0 Å². The standard InChI is InChI=1S/C10H13N3O2S/c14-13(15)10-5-4-9(16-10)8-11-12-6-2-1-3-7-12/h4-5,8H,1-3,6-7H2/b11-8+. The first kappa shape index (κ1) is 11.1. The number of nitro groups is 1. The van der Waals surface area contributed by atoms with Crippen LogP contribution in [0.5, 0.6) is 0 Å². The van der Waals surface area contributed by atoms with Crippen molar-refractivity contribution in [2.24, 2.45) is 5.10 Å². The molecule has 0 N–H and O–H groups in total. The van der Waals surface area contributed by atoms with Crippen LogP contribution in [-0.2, 0) is 0 Å². The van der Waals surface area contributed by atoms with Crippen molar-refractivity contribution in [2.75, 3.05) is 13.1 Å². The van der Waals surface area contributed by atoms with Gasteiger partial charge in [0.15, 0.2) is 0 Å². The first-order valence-corrected chi connectivity index (χ1v) is 6.10. The molecule has 5 nitrogen and oxygen atoms in total. The molecule has 1 saturated heterocycles. The molecular formula is C10H13N3O2S. The maximum absolute atomic E-state index is 10.5. The summed E-state index contributed by atoms with van der Waals surface area (Å²) in [6.45, 7) is 1.98. The highest BCUT2D eigenvalue weighted by Gasteiger charge is 2.09. The zero-order valence-corrected chi connectivity index (χ0v) is 9.65. The van der Waals surface area contributed by atoms with Gasteiger partial charge in [0, 0.05) is 19.2 Å². The van der Waals surface area contributed by atoms with Crippen molar-refractivity contribution in [3.8, 4) is 0 Å². The number of nitrogens with zero attached hydrogens (tertiary/aromatic N) is 3. The van der Waals surface area contributed by atoms with Gasteiger partial charge in [-0.25, -0.2) is 0 Å². The average Bonchev–Trinajstić information content (AvgIpc) is 2.76. The van der Waals surface area contributed by atoms with E-state index in [0.717, 1.165) is 29.3 Å². The van der Waals surface area contributed by atoms with Crippen LogP contribution in [0.1, 0.15) is 24.1 Å². The Labute approximate surface area is 97.5 Å². The van der Waals surface area contributed by atoms with Gasteiger partial charge in [0.05, 0.1) is 16.0 Å². The minimum atomic E-state index is -0.372. The van der Waals surface area contributed by atoms with Crippen LogP contribution in [0, 0.1) is 10.1 Å². The molecule has 0 aliphatic carbocycles. The Kier molecular flexibility index (Phi) is 3.51. The van der Waals surface area contributed by atoms with Gasteiger partial charge >= 0.3 is 5.00 Å². The quantitative estimate of drug-likeness (QED) is 0.462. The number of thiophene rings is 1. The molecular weight excluding hydrogens is 226 g/mol. The third kappa shape index (κ3) is 2.79. The smallest absolute Gasteiger partial charge is 0.297 e. The lowest BCUT2D eigenvalue weighted by Crippen LogP contribution is -2.24. The van der Waals surface area contributed by atoms with E-state index in [0.29, 0.717) is 0 Å². The molecule has 6 heteroatoms. The van der Waals surface area contributed by atoms with Gasteiger partial charge < -0.3 is 0 Å². The molecule has 1 aromatic rings. The second-order valence-corrected chi connectivity index (χ2v) is 4.79. The van der Waals surface area contributed by atoms with Gasteiger partial charge in [0.2, 0.25) is 0 Å². The average molecular weight is 239 g/mol. The SMILES string of the molecule is O=[N+]([O-])c1ccc(/C=N/N2CCCCC2)s1. The molecule has 1 aliphatic heterocycles. The van der Waals surface area contributed by atoms with Crippen LogP contribution in [0.25, 0.3) is 0 Å². The van der Waals surface area contributed by atoms with E-state index in [2.05, 4.69) is 5.10 Å². The predicted octanol–water partition coefficient (Wildman–Crippen LogP) is 2.48. The molecule has 86 valence electrons. The molecule has 0 spiro atoms. The number of rotatable bonds is 3. The Morgan fingerprint density at radius 3 is 2.75 bits per heavy atom. The maximum atomic E-state index is 10.5. The molecule has 1 fully saturated rings. The second kappa shape index (κ2) is 5.07. The summed E-state index contributed by atoms with van der Waals surface area (Å²) in [6, 6.07) is 3.25. The first-order chi connectivity index (χ1) is 7.75. The number of hydrazone groups is 1. The largest absolute Gasteiger partial charge is 0.324 e. The van der Waals surface area contributed by atoms with Gasteiger partial charge in [-0.2, -0.15) is 5.10 Å². The molecule has 2 rings (SSSR count). The fourth-order valence-electron chi connectivity index (χ4n) is 1.64. The Balaban J connectivity index is 1.96. The summed E-state index contributed by atoms with van der Waals surface area (Å²) in [5.41, 5.74) is 0. The number of piperidine rings is 1. The van der Waals surface area contributed by atoms with Crippen molar-refractivity contribution in [2.45, 2.75) is 19.3 Å². The fourth-order valence-corrected chi connectivity index (χ4v) is 2.33. The minimum Gasteiger partial charge on any atom is -0.297 e. The number of hydrogen-bond donors (Lipinski definition) is 0. The molecule has 0 atom stereocenters. The maximum Gasteiger partial charge on any atom is 0.324 e. The van der Waals surface area contributed by atoms with Gasteiger partial charge in [-0.1, -0.05) is 11.3 Å². The van der Waals surface area contributed by atoms with Crippen molar-refractivity contribution in [3.63, 3.8) is 0 Å². The zero-order valence-electron chi connectivity index (χ0n) is 8.83. The molecule has 0 unspecified atom stereocenters. The monoisotopic (exact) mass is 239 g/mol. The van der Waals surface area contributed by atoms with Crippen LogP contribution < -0.4 is 0 Å². The highest BCUT2D eigenvalue weighted by atomic mass is 32.1. The summed E-state index contributed by atoms with van der Waals surface area (Å²) >= 11 is 1.15. The molecule has 0 bridgehead atoms. The predicted molar refractivity (Wildman–Crippen MR) is 64.0 cm³/mol. The Morgan fingerprint density at radius 2 is 2.12 bits per heavy atom. The fraction of sp³-hybridized carbons (Fsp3) is 0.500. The van der Waals surface area contributed by atoms with Gasteiger partial charge in [0.25, 0.3) is 0 Å². The molecule has 2 heterocycles. The molecule has 1 aliphatic rings. The third-order valence-electron chi connectivity index (χ3n) is 2.47. The molecule has 1 aromatic heterocycles. The Morgan fingerprint density at radius 1 is 1.38 bits per heavy atom. The van der Waals surface area contributed by atoms with Gasteiger partial charge in [0.1, 0.15) is 0 Å². The summed E-state index contributed by atoms with van der Waals surface area (Å²) < 4.78 is 0. The lowest BCUT2D eigenvalue weighted by atomic mass is 10.2. The lowest BCUT2D eigenvalue weighted by molar-refractivity contribution is -0.380. The van der Waals surface area contributed by atoms with E-state index in [1.165, 1.54) is 25.3 Å². The van der Waals surface area contributed by atoms with E-state index < -0.39 is 0 Å². The Bertz CT molecular complexity index is 397. The Hall–Kier alpha value is -1.43. The van der Waals surface area contributed by atoms with Crippen molar-refractivity contribution in [1.82, 2.24) is 5.01 Å². The van der Waals surface area contributed by atoms with E-state index in [4.69, 9.17) is 0 Å². The van der Waals surface area contributed by atoms with Gasteiger partial charge in [-0.05, 0) is 25.3 Å². The molecule has 0 saturated carbocycles. The van der Waals surface area contributed by atoms with E-state index >= 15 is 0 Å². The van der Waals surface area contributed by atoms with Gasteiger partial charge in [-0.3, -0.25) is 15.1 Å².